The van der Waals surface area contributed by atoms with Crippen molar-refractivity contribution in [2.45, 2.75) is 6.54 Å². The summed E-state index contributed by atoms with van der Waals surface area (Å²) in [6, 6.07) is 1.78. The zero-order chi connectivity index (χ0) is 24.6. The van der Waals surface area contributed by atoms with Gasteiger partial charge < -0.3 is 14.4 Å². The minimum absolute atomic E-state index is 0.420. The van der Waals surface area contributed by atoms with E-state index >= 15 is 0 Å². The summed E-state index contributed by atoms with van der Waals surface area (Å²) in [5, 5.41) is 0.420. The van der Waals surface area contributed by atoms with Crippen LogP contribution in [-0.4, -0.2) is 103 Å². The largest absolute Gasteiger partial charge is 0.496 e. The van der Waals surface area contributed by atoms with Gasteiger partial charge in [0.15, 0.2) is 11.5 Å². The number of anilines is 1. The molecule has 2 aliphatic rings. The van der Waals surface area contributed by atoms with Crippen molar-refractivity contribution in [3.63, 3.8) is 0 Å². The van der Waals surface area contributed by atoms with Gasteiger partial charge in [0.1, 0.15) is 16.6 Å². The summed E-state index contributed by atoms with van der Waals surface area (Å²) >= 11 is 6.89. The van der Waals surface area contributed by atoms with Crippen LogP contribution >= 0.6 is 11.6 Å². The van der Waals surface area contributed by atoms with Gasteiger partial charge in [0.2, 0.25) is 10.0 Å². The first kappa shape index (κ1) is 24.2. The molecule has 11 nitrogen and oxygen atoms in total. The minimum Gasteiger partial charge on any atom is -0.496 e. The number of pyridine rings is 1. The highest BCUT2D eigenvalue weighted by atomic mass is 35.5. The summed E-state index contributed by atoms with van der Waals surface area (Å²) in [5.41, 5.74) is 2.78. The second-order valence-corrected chi connectivity index (χ2v) is 11.0. The van der Waals surface area contributed by atoms with Crippen molar-refractivity contribution in [3.8, 4) is 17.0 Å². The van der Waals surface area contributed by atoms with Crippen LogP contribution in [0.2, 0.25) is 5.15 Å². The van der Waals surface area contributed by atoms with Gasteiger partial charge >= 0.3 is 0 Å². The van der Waals surface area contributed by atoms with E-state index in [1.54, 1.807) is 25.6 Å². The topological polar surface area (TPSA) is 105 Å². The van der Waals surface area contributed by atoms with Crippen molar-refractivity contribution in [1.82, 2.24) is 28.6 Å². The minimum atomic E-state index is -3.17. The summed E-state index contributed by atoms with van der Waals surface area (Å²) in [7, 11) is -1.57. The van der Waals surface area contributed by atoms with Crippen molar-refractivity contribution in [3.05, 3.63) is 35.5 Å². The highest BCUT2D eigenvalue weighted by Gasteiger charge is 2.26. The van der Waals surface area contributed by atoms with Gasteiger partial charge in [0, 0.05) is 64.4 Å². The van der Waals surface area contributed by atoms with Crippen molar-refractivity contribution in [1.29, 1.82) is 0 Å². The number of morpholine rings is 1. The number of rotatable bonds is 6. The Balaban J connectivity index is 1.52. The highest BCUT2D eigenvalue weighted by Crippen LogP contribution is 2.36. The van der Waals surface area contributed by atoms with E-state index in [2.05, 4.69) is 14.8 Å². The lowest BCUT2D eigenvalue weighted by atomic mass is 10.2. The van der Waals surface area contributed by atoms with Crippen molar-refractivity contribution in [2.75, 3.05) is 70.7 Å². The smallest absolute Gasteiger partial charge is 0.211 e. The monoisotopic (exact) mass is 521 g/mol. The SMILES string of the molecule is COc1ccncc1-c1nc(N2CCOCC2)c2nc(CN3CCN(S(C)(=O)=O)CC3)cn2c1Cl. The number of imidazole rings is 1. The number of aromatic nitrogens is 4. The summed E-state index contributed by atoms with van der Waals surface area (Å²) in [6.07, 6.45) is 6.54. The molecule has 0 unspecified atom stereocenters. The van der Waals surface area contributed by atoms with Crippen LogP contribution < -0.4 is 9.64 Å². The van der Waals surface area contributed by atoms with Crippen molar-refractivity contribution >= 4 is 33.1 Å². The van der Waals surface area contributed by atoms with Crippen LogP contribution in [0.3, 0.4) is 0 Å². The number of fused-ring (bicyclic) bond motifs is 1. The fraction of sp³-hybridized carbons (Fsp3) is 0.500. The number of halogens is 1. The Morgan fingerprint density at radius 3 is 2.54 bits per heavy atom. The maximum atomic E-state index is 11.8. The summed E-state index contributed by atoms with van der Waals surface area (Å²) in [5.74, 6) is 1.36. The average molecular weight is 522 g/mol. The highest BCUT2D eigenvalue weighted by molar-refractivity contribution is 7.88. The molecule has 2 saturated heterocycles. The second kappa shape index (κ2) is 9.86. The first-order valence-electron chi connectivity index (χ1n) is 11.4. The van der Waals surface area contributed by atoms with E-state index in [-0.39, 0.29) is 0 Å². The van der Waals surface area contributed by atoms with Crippen LogP contribution in [0.1, 0.15) is 5.69 Å². The number of sulfonamides is 1. The Labute approximate surface area is 209 Å². The van der Waals surface area contributed by atoms with E-state index in [0.29, 0.717) is 86.8 Å². The first-order chi connectivity index (χ1) is 16.8. The van der Waals surface area contributed by atoms with E-state index in [1.807, 2.05) is 10.6 Å². The van der Waals surface area contributed by atoms with E-state index < -0.39 is 10.0 Å². The zero-order valence-electron chi connectivity index (χ0n) is 19.7. The van der Waals surface area contributed by atoms with Crippen LogP contribution in [0, 0.1) is 0 Å². The normalized spacial score (nSPS) is 18.3. The van der Waals surface area contributed by atoms with E-state index in [4.69, 9.17) is 31.0 Å². The van der Waals surface area contributed by atoms with E-state index in [9.17, 15) is 8.42 Å². The zero-order valence-corrected chi connectivity index (χ0v) is 21.3. The molecule has 0 bridgehead atoms. The van der Waals surface area contributed by atoms with Gasteiger partial charge in [-0.1, -0.05) is 11.6 Å². The third-order valence-electron chi connectivity index (χ3n) is 6.33. The summed E-state index contributed by atoms with van der Waals surface area (Å²) in [4.78, 5) is 18.5. The molecule has 0 spiro atoms. The third-order valence-corrected chi connectivity index (χ3v) is 8.00. The van der Waals surface area contributed by atoms with E-state index in [1.165, 1.54) is 10.6 Å². The van der Waals surface area contributed by atoms with Gasteiger partial charge in [-0.15, -0.1) is 0 Å². The summed E-state index contributed by atoms with van der Waals surface area (Å²) in [6.45, 7) is 5.43. The molecule has 188 valence electrons. The lowest BCUT2D eigenvalue weighted by molar-refractivity contribution is 0.122. The van der Waals surface area contributed by atoms with Crippen LogP contribution in [0.15, 0.2) is 24.7 Å². The number of methoxy groups -OCH3 is 1. The molecule has 3 aromatic rings. The number of hydrogen-bond acceptors (Lipinski definition) is 9. The average Bonchev–Trinajstić information content (AvgIpc) is 3.29. The van der Waals surface area contributed by atoms with E-state index in [0.717, 1.165) is 11.5 Å². The molecule has 0 saturated carbocycles. The molecule has 2 aliphatic heterocycles. The molecule has 0 amide bonds. The Morgan fingerprint density at radius 1 is 1.11 bits per heavy atom. The van der Waals surface area contributed by atoms with Gasteiger partial charge in [-0.05, 0) is 6.07 Å². The predicted octanol–water partition coefficient (Wildman–Crippen LogP) is 1.37. The molecule has 5 heterocycles. The van der Waals surface area contributed by atoms with Crippen LogP contribution in [0.4, 0.5) is 5.82 Å². The Morgan fingerprint density at radius 2 is 1.86 bits per heavy atom. The van der Waals surface area contributed by atoms with Crippen LogP contribution in [0.25, 0.3) is 16.9 Å². The second-order valence-electron chi connectivity index (χ2n) is 8.61. The standard InChI is InChI=1S/C22H28ClN7O4S/c1-33-18-3-4-24-13-17(18)19-20(23)30-15-16(14-27-5-7-29(8-6-27)35(2,31)32)25-22(30)21(26-19)28-9-11-34-12-10-28/h3-4,13,15H,5-12,14H2,1-2H3. The molecule has 3 aromatic heterocycles. The molecule has 5 rings (SSSR count). The third kappa shape index (κ3) is 4.94. The number of hydrogen-bond donors (Lipinski definition) is 0. The van der Waals surface area contributed by atoms with Crippen LogP contribution in [-0.2, 0) is 21.3 Å². The van der Waals surface area contributed by atoms with Gasteiger partial charge in [0.25, 0.3) is 0 Å². The molecule has 0 aromatic carbocycles. The predicted molar refractivity (Wildman–Crippen MR) is 133 cm³/mol. The van der Waals surface area contributed by atoms with Gasteiger partial charge in [-0.25, -0.2) is 18.4 Å². The van der Waals surface area contributed by atoms with Gasteiger partial charge in [-0.3, -0.25) is 14.3 Å². The number of piperazine rings is 1. The Kier molecular flexibility index (Phi) is 6.82. The Hall–Kier alpha value is -2.51. The van der Waals surface area contributed by atoms with Crippen molar-refractivity contribution < 1.29 is 17.9 Å². The molecular weight excluding hydrogens is 494 g/mol. The van der Waals surface area contributed by atoms with Gasteiger partial charge in [0.05, 0.1) is 37.8 Å². The fourth-order valence-electron chi connectivity index (χ4n) is 4.47. The lowest BCUT2D eigenvalue weighted by Crippen LogP contribution is -2.47. The number of nitrogens with zero attached hydrogens (tertiary/aromatic N) is 7. The molecule has 13 heteroatoms. The molecule has 2 fully saturated rings. The van der Waals surface area contributed by atoms with Crippen molar-refractivity contribution in [2.24, 2.45) is 0 Å². The molecule has 0 aliphatic carbocycles. The maximum absolute atomic E-state index is 11.8. The quantitative estimate of drug-likeness (QED) is 0.475. The Bertz CT molecular complexity index is 1320. The molecule has 35 heavy (non-hydrogen) atoms. The fourth-order valence-corrected chi connectivity index (χ4v) is 5.57. The summed E-state index contributed by atoms with van der Waals surface area (Å²) < 4.78 is 38.1. The molecular formula is C22H28ClN7O4S. The molecule has 0 radical (unpaired) electrons. The lowest BCUT2D eigenvalue weighted by Gasteiger charge is -2.32. The number of ether oxygens (including phenoxy) is 2. The molecule has 0 atom stereocenters. The van der Waals surface area contributed by atoms with Crippen LogP contribution in [0.5, 0.6) is 5.75 Å². The first-order valence-corrected chi connectivity index (χ1v) is 13.6. The van der Waals surface area contributed by atoms with Gasteiger partial charge in [-0.2, -0.15) is 4.31 Å². The maximum Gasteiger partial charge on any atom is 0.211 e. The molecule has 0 N–H and O–H groups in total.